The minimum Gasteiger partial charge on any atom is -0.467 e. The molecule has 1 amide bonds. The fraction of sp³-hybridized carbons (Fsp3) is 0.429. The lowest BCUT2D eigenvalue weighted by Crippen LogP contribution is -2.41. The predicted octanol–water partition coefficient (Wildman–Crippen LogP) is 2.29. The van der Waals surface area contributed by atoms with Crippen molar-refractivity contribution < 1.29 is 18.7 Å². The highest BCUT2D eigenvalue weighted by Crippen LogP contribution is 2.07. The van der Waals surface area contributed by atoms with E-state index >= 15 is 0 Å². The molecular formula is C14H18FNO3. The van der Waals surface area contributed by atoms with E-state index in [9.17, 15) is 14.0 Å². The predicted molar refractivity (Wildman–Crippen MR) is 69.2 cm³/mol. The van der Waals surface area contributed by atoms with Gasteiger partial charge in [-0.2, -0.15) is 0 Å². The third kappa shape index (κ3) is 4.69. The SMILES string of the molecule is CCCC[C@H](NC(=O)c1cccc(F)c1)C(=O)OC. The molecule has 1 N–H and O–H groups in total. The van der Waals surface area contributed by atoms with Gasteiger partial charge in [0.05, 0.1) is 7.11 Å². The molecule has 1 rings (SSSR count). The van der Waals surface area contributed by atoms with E-state index in [0.29, 0.717) is 6.42 Å². The fourth-order valence-corrected chi connectivity index (χ4v) is 1.67. The normalized spacial score (nSPS) is 11.7. The number of ether oxygens (including phenoxy) is 1. The van der Waals surface area contributed by atoms with E-state index in [4.69, 9.17) is 0 Å². The molecule has 0 saturated heterocycles. The summed E-state index contributed by atoms with van der Waals surface area (Å²) in [5.74, 6) is -1.46. The number of hydrogen-bond acceptors (Lipinski definition) is 3. The first-order chi connectivity index (χ1) is 9.08. The Morgan fingerprint density at radius 2 is 2.16 bits per heavy atom. The number of nitrogens with one attached hydrogen (secondary N) is 1. The molecule has 0 heterocycles. The zero-order chi connectivity index (χ0) is 14.3. The number of halogens is 1. The number of benzene rings is 1. The van der Waals surface area contributed by atoms with E-state index < -0.39 is 23.7 Å². The molecule has 5 heteroatoms. The summed E-state index contributed by atoms with van der Waals surface area (Å²) in [6.07, 6.45) is 2.21. The first-order valence-corrected chi connectivity index (χ1v) is 6.22. The van der Waals surface area contributed by atoms with Crippen molar-refractivity contribution in [3.63, 3.8) is 0 Å². The van der Waals surface area contributed by atoms with Crippen molar-refractivity contribution in [1.82, 2.24) is 5.32 Å². The first-order valence-electron chi connectivity index (χ1n) is 6.22. The van der Waals surface area contributed by atoms with Gasteiger partial charge < -0.3 is 10.1 Å². The van der Waals surface area contributed by atoms with E-state index in [1.54, 1.807) is 0 Å². The molecular weight excluding hydrogens is 249 g/mol. The molecule has 0 aliphatic carbocycles. The maximum absolute atomic E-state index is 13.0. The van der Waals surface area contributed by atoms with Gasteiger partial charge in [0.15, 0.2) is 0 Å². The fourth-order valence-electron chi connectivity index (χ4n) is 1.67. The van der Waals surface area contributed by atoms with Crippen LogP contribution in [0.5, 0.6) is 0 Å². The van der Waals surface area contributed by atoms with Gasteiger partial charge in [-0.1, -0.05) is 25.8 Å². The Bertz CT molecular complexity index is 448. The Balaban J connectivity index is 2.72. The number of rotatable bonds is 6. The second-order valence-corrected chi connectivity index (χ2v) is 4.20. The van der Waals surface area contributed by atoms with Gasteiger partial charge in [0, 0.05) is 5.56 Å². The molecule has 0 aromatic heterocycles. The van der Waals surface area contributed by atoms with E-state index in [1.807, 2.05) is 6.92 Å². The third-order valence-corrected chi connectivity index (χ3v) is 2.72. The van der Waals surface area contributed by atoms with Crippen LogP contribution in [0.2, 0.25) is 0 Å². The molecule has 4 nitrogen and oxygen atoms in total. The summed E-state index contributed by atoms with van der Waals surface area (Å²) in [7, 11) is 1.27. The van der Waals surface area contributed by atoms with Gasteiger partial charge in [-0.3, -0.25) is 4.79 Å². The average Bonchev–Trinajstić information content (AvgIpc) is 2.42. The highest BCUT2D eigenvalue weighted by Gasteiger charge is 2.21. The number of hydrogen-bond donors (Lipinski definition) is 1. The van der Waals surface area contributed by atoms with Crippen molar-refractivity contribution in [2.45, 2.75) is 32.2 Å². The molecule has 1 aromatic carbocycles. The molecule has 0 bridgehead atoms. The van der Waals surface area contributed by atoms with Gasteiger partial charge in [-0.05, 0) is 24.6 Å². The van der Waals surface area contributed by atoms with Crippen LogP contribution in [0.15, 0.2) is 24.3 Å². The summed E-state index contributed by atoms with van der Waals surface area (Å²) in [6.45, 7) is 1.99. The zero-order valence-electron chi connectivity index (χ0n) is 11.1. The quantitative estimate of drug-likeness (QED) is 0.804. The number of unbranched alkanes of at least 4 members (excludes halogenated alkanes) is 1. The Hall–Kier alpha value is -1.91. The number of carbonyl (C=O) groups is 2. The molecule has 104 valence electrons. The smallest absolute Gasteiger partial charge is 0.328 e. The van der Waals surface area contributed by atoms with Gasteiger partial charge >= 0.3 is 5.97 Å². The van der Waals surface area contributed by atoms with Crippen LogP contribution in [0.1, 0.15) is 36.5 Å². The monoisotopic (exact) mass is 267 g/mol. The van der Waals surface area contributed by atoms with Crippen LogP contribution in [-0.4, -0.2) is 25.0 Å². The Kier molecular flexibility index (Phi) is 5.99. The minimum atomic E-state index is -0.694. The second kappa shape index (κ2) is 7.51. The van der Waals surface area contributed by atoms with Crippen LogP contribution < -0.4 is 5.32 Å². The topological polar surface area (TPSA) is 55.4 Å². The van der Waals surface area contributed by atoms with Crippen molar-refractivity contribution >= 4 is 11.9 Å². The van der Waals surface area contributed by atoms with E-state index in [0.717, 1.165) is 18.9 Å². The Morgan fingerprint density at radius 1 is 1.42 bits per heavy atom. The average molecular weight is 267 g/mol. The highest BCUT2D eigenvalue weighted by molar-refractivity contribution is 5.96. The standard InChI is InChI=1S/C14H18FNO3/c1-3-4-8-12(14(18)19-2)16-13(17)10-6-5-7-11(15)9-10/h5-7,9,12H,3-4,8H2,1-2H3,(H,16,17)/t12-/m0/s1. The molecule has 0 aliphatic rings. The molecule has 0 spiro atoms. The molecule has 0 saturated carbocycles. The van der Waals surface area contributed by atoms with E-state index in [-0.39, 0.29) is 5.56 Å². The number of carbonyl (C=O) groups excluding carboxylic acids is 2. The molecule has 0 fully saturated rings. The van der Waals surface area contributed by atoms with Crippen LogP contribution in [0.3, 0.4) is 0 Å². The second-order valence-electron chi connectivity index (χ2n) is 4.20. The van der Waals surface area contributed by atoms with Crippen LogP contribution in [-0.2, 0) is 9.53 Å². The maximum atomic E-state index is 13.0. The number of esters is 1. The summed E-state index contributed by atoms with van der Waals surface area (Å²) in [6, 6.07) is 4.63. The molecule has 0 radical (unpaired) electrons. The third-order valence-electron chi connectivity index (χ3n) is 2.72. The van der Waals surface area contributed by atoms with Gasteiger partial charge in [-0.15, -0.1) is 0 Å². The van der Waals surface area contributed by atoms with Crippen molar-refractivity contribution in [3.8, 4) is 0 Å². The molecule has 0 aliphatic heterocycles. The number of amides is 1. The van der Waals surface area contributed by atoms with Gasteiger partial charge in [0.25, 0.3) is 5.91 Å². The zero-order valence-corrected chi connectivity index (χ0v) is 11.1. The summed E-state index contributed by atoms with van der Waals surface area (Å²) in [5.41, 5.74) is 0.186. The van der Waals surface area contributed by atoms with Gasteiger partial charge in [0.2, 0.25) is 0 Å². The molecule has 1 aromatic rings. The summed E-state index contributed by atoms with van der Waals surface area (Å²) in [5, 5.41) is 2.57. The van der Waals surface area contributed by atoms with E-state index in [1.165, 1.54) is 25.3 Å². The van der Waals surface area contributed by atoms with Crippen LogP contribution in [0.25, 0.3) is 0 Å². The lowest BCUT2D eigenvalue weighted by molar-refractivity contribution is -0.143. The molecule has 0 unspecified atom stereocenters. The number of methoxy groups -OCH3 is 1. The lowest BCUT2D eigenvalue weighted by atomic mass is 10.1. The Labute approximate surface area is 112 Å². The molecule has 1 atom stereocenters. The van der Waals surface area contributed by atoms with Crippen molar-refractivity contribution in [2.75, 3.05) is 7.11 Å². The van der Waals surface area contributed by atoms with Crippen molar-refractivity contribution in [1.29, 1.82) is 0 Å². The van der Waals surface area contributed by atoms with Gasteiger partial charge in [-0.25, -0.2) is 9.18 Å². The van der Waals surface area contributed by atoms with E-state index in [2.05, 4.69) is 10.1 Å². The van der Waals surface area contributed by atoms with Crippen molar-refractivity contribution in [3.05, 3.63) is 35.6 Å². The highest BCUT2D eigenvalue weighted by atomic mass is 19.1. The van der Waals surface area contributed by atoms with Crippen LogP contribution in [0.4, 0.5) is 4.39 Å². The van der Waals surface area contributed by atoms with Crippen LogP contribution >= 0.6 is 0 Å². The van der Waals surface area contributed by atoms with Gasteiger partial charge in [0.1, 0.15) is 11.9 Å². The Morgan fingerprint density at radius 3 is 2.74 bits per heavy atom. The lowest BCUT2D eigenvalue weighted by Gasteiger charge is -2.16. The van der Waals surface area contributed by atoms with Crippen molar-refractivity contribution in [2.24, 2.45) is 0 Å². The summed E-state index contributed by atoms with van der Waals surface area (Å²) < 4.78 is 17.7. The summed E-state index contributed by atoms with van der Waals surface area (Å²) >= 11 is 0. The minimum absolute atomic E-state index is 0.186. The molecule has 19 heavy (non-hydrogen) atoms. The van der Waals surface area contributed by atoms with Crippen LogP contribution in [0, 0.1) is 5.82 Å². The summed E-state index contributed by atoms with van der Waals surface area (Å²) in [4.78, 5) is 23.4. The first kappa shape index (κ1) is 15.1. The maximum Gasteiger partial charge on any atom is 0.328 e. The largest absolute Gasteiger partial charge is 0.467 e.